The molecule has 7 nitrogen and oxygen atoms in total. The molecular weight excluding hydrogens is 326 g/mol. The lowest BCUT2D eigenvalue weighted by Gasteiger charge is -2.08. The Hall–Kier alpha value is -2.03. The SMILES string of the molecule is CCOC(=O)c1nn(CCOC2CC2(F)F)c(C(=O)OCC)c1C. The van der Waals surface area contributed by atoms with Crippen LogP contribution in [0, 0.1) is 6.92 Å². The number of carbonyl (C=O) groups excluding carboxylic acids is 2. The highest BCUT2D eigenvalue weighted by Crippen LogP contribution is 2.44. The summed E-state index contributed by atoms with van der Waals surface area (Å²) in [6.07, 6.45) is -1.39. The highest BCUT2D eigenvalue weighted by Gasteiger charge is 2.58. The molecule has 0 spiro atoms. The number of alkyl halides is 2. The third kappa shape index (κ3) is 3.89. The lowest BCUT2D eigenvalue weighted by atomic mass is 10.2. The monoisotopic (exact) mass is 346 g/mol. The molecule has 2 rings (SSSR count). The van der Waals surface area contributed by atoms with E-state index in [0.717, 1.165) is 0 Å². The molecule has 1 aliphatic rings. The highest BCUT2D eigenvalue weighted by atomic mass is 19.3. The van der Waals surface area contributed by atoms with Gasteiger partial charge in [0.15, 0.2) is 5.69 Å². The first-order valence-electron chi connectivity index (χ1n) is 7.72. The third-order valence-corrected chi connectivity index (χ3v) is 3.52. The van der Waals surface area contributed by atoms with Crippen LogP contribution >= 0.6 is 0 Å². The molecule has 0 N–H and O–H groups in total. The van der Waals surface area contributed by atoms with Crippen molar-refractivity contribution in [1.82, 2.24) is 9.78 Å². The predicted molar refractivity (Wildman–Crippen MR) is 78.2 cm³/mol. The maximum atomic E-state index is 12.8. The summed E-state index contributed by atoms with van der Waals surface area (Å²) in [5.74, 6) is -4.08. The van der Waals surface area contributed by atoms with Gasteiger partial charge in [-0.15, -0.1) is 0 Å². The van der Waals surface area contributed by atoms with Crippen LogP contribution in [0.15, 0.2) is 0 Å². The average molecular weight is 346 g/mol. The van der Waals surface area contributed by atoms with Gasteiger partial charge in [0, 0.05) is 12.0 Å². The van der Waals surface area contributed by atoms with Crippen LogP contribution in [0.4, 0.5) is 8.78 Å². The zero-order valence-electron chi connectivity index (χ0n) is 13.8. The Morgan fingerprint density at radius 1 is 1.25 bits per heavy atom. The first kappa shape index (κ1) is 18.3. The summed E-state index contributed by atoms with van der Waals surface area (Å²) in [6.45, 7) is 5.16. The molecule has 1 fully saturated rings. The quantitative estimate of drug-likeness (QED) is 0.670. The van der Waals surface area contributed by atoms with Crippen molar-refractivity contribution in [2.45, 2.75) is 45.8 Å². The van der Waals surface area contributed by atoms with Crippen molar-refractivity contribution < 1.29 is 32.6 Å². The highest BCUT2D eigenvalue weighted by molar-refractivity contribution is 5.95. The van der Waals surface area contributed by atoms with E-state index in [1.54, 1.807) is 20.8 Å². The summed E-state index contributed by atoms with van der Waals surface area (Å²) in [4.78, 5) is 24.0. The van der Waals surface area contributed by atoms with Gasteiger partial charge in [0.2, 0.25) is 0 Å². The topological polar surface area (TPSA) is 79.6 Å². The Morgan fingerprint density at radius 2 is 1.83 bits per heavy atom. The number of nitrogens with zero attached hydrogens (tertiary/aromatic N) is 2. The maximum absolute atomic E-state index is 12.8. The standard InChI is InChI=1S/C15H20F2N2O5/c1-4-22-13(20)11-9(3)12(14(21)23-5-2)19(18-11)6-7-24-10-8-15(10,16)17/h10H,4-8H2,1-3H3. The zero-order valence-corrected chi connectivity index (χ0v) is 13.8. The molecule has 0 amide bonds. The van der Waals surface area contributed by atoms with Crippen molar-refractivity contribution in [2.24, 2.45) is 0 Å². The first-order valence-corrected chi connectivity index (χ1v) is 7.72. The molecule has 1 aromatic heterocycles. The maximum Gasteiger partial charge on any atom is 0.359 e. The number of esters is 2. The fourth-order valence-electron chi connectivity index (χ4n) is 2.22. The van der Waals surface area contributed by atoms with Crippen LogP contribution < -0.4 is 0 Å². The molecule has 0 aromatic carbocycles. The van der Waals surface area contributed by atoms with Crippen LogP contribution in [-0.2, 0) is 20.8 Å². The summed E-state index contributed by atoms with van der Waals surface area (Å²) in [5, 5.41) is 4.06. The Morgan fingerprint density at radius 3 is 2.38 bits per heavy atom. The Balaban J connectivity index is 2.15. The van der Waals surface area contributed by atoms with Gasteiger partial charge in [0.05, 0.1) is 26.4 Å². The van der Waals surface area contributed by atoms with Crippen LogP contribution in [-0.4, -0.2) is 53.6 Å². The van der Waals surface area contributed by atoms with E-state index in [-0.39, 0.29) is 44.2 Å². The summed E-state index contributed by atoms with van der Waals surface area (Å²) in [5.41, 5.74) is 0.409. The second-order valence-corrected chi connectivity index (χ2v) is 5.31. The van der Waals surface area contributed by atoms with E-state index in [1.807, 2.05) is 0 Å². The second kappa shape index (κ2) is 7.25. The molecule has 1 aromatic rings. The lowest BCUT2D eigenvalue weighted by molar-refractivity contribution is 0.00945. The molecule has 1 atom stereocenters. The van der Waals surface area contributed by atoms with Gasteiger partial charge in [-0.1, -0.05) is 0 Å². The van der Waals surface area contributed by atoms with Gasteiger partial charge in [-0.25, -0.2) is 18.4 Å². The first-order chi connectivity index (χ1) is 11.3. The number of hydrogen-bond acceptors (Lipinski definition) is 6. The van der Waals surface area contributed by atoms with E-state index < -0.39 is 24.0 Å². The van der Waals surface area contributed by atoms with Crippen molar-refractivity contribution in [1.29, 1.82) is 0 Å². The third-order valence-electron chi connectivity index (χ3n) is 3.52. The number of aromatic nitrogens is 2. The van der Waals surface area contributed by atoms with E-state index >= 15 is 0 Å². The van der Waals surface area contributed by atoms with E-state index in [0.29, 0.717) is 5.56 Å². The predicted octanol–water partition coefficient (Wildman–Crippen LogP) is 1.97. The van der Waals surface area contributed by atoms with Crippen molar-refractivity contribution in [2.75, 3.05) is 19.8 Å². The molecule has 9 heteroatoms. The van der Waals surface area contributed by atoms with Gasteiger partial charge in [-0.2, -0.15) is 5.10 Å². The van der Waals surface area contributed by atoms with E-state index in [9.17, 15) is 18.4 Å². The van der Waals surface area contributed by atoms with Crippen molar-refractivity contribution >= 4 is 11.9 Å². The minimum absolute atomic E-state index is 0.00310. The normalized spacial score (nSPS) is 18.3. The average Bonchev–Trinajstić information content (AvgIpc) is 2.97. The number of carbonyl (C=O) groups is 2. The van der Waals surface area contributed by atoms with Gasteiger partial charge >= 0.3 is 11.9 Å². The smallest absolute Gasteiger partial charge is 0.359 e. The minimum Gasteiger partial charge on any atom is -0.461 e. The second-order valence-electron chi connectivity index (χ2n) is 5.31. The molecule has 134 valence electrons. The number of hydrogen-bond donors (Lipinski definition) is 0. The fourth-order valence-corrected chi connectivity index (χ4v) is 2.22. The molecule has 24 heavy (non-hydrogen) atoms. The Labute approximate surface area is 137 Å². The molecule has 1 unspecified atom stereocenters. The molecule has 1 aliphatic carbocycles. The number of rotatable bonds is 8. The van der Waals surface area contributed by atoms with Crippen LogP contribution in [0.5, 0.6) is 0 Å². The molecule has 0 bridgehead atoms. The Kier molecular flexibility index (Phi) is 5.53. The van der Waals surface area contributed by atoms with Gasteiger partial charge in [-0.05, 0) is 20.8 Å². The molecule has 1 saturated carbocycles. The largest absolute Gasteiger partial charge is 0.461 e. The zero-order chi connectivity index (χ0) is 17.9. The van der Waals surface area contributed by atoms with Gasteiger partial charge in [0.25, 0.3) is 5.92 Å². The van der Waals surface area contributed by atoms with Gasteiger partial charge in [0.1, 0.15) is 11.8 Å². The van der Waals surface area contributed by atoms with Crippen LogP contribution in [0.3, 0.4) is 0 Å². The van der Waals surface area contributed by atoms with Gasteiger partial charge < -0.3 is 14.2 Å². The molecule has 0 saturated heterocycles. The number of ether oxygens (including phenoxy) is 3. The van der Waals surface area contributed by atoms with Crippen LogP contribution in [0.2, 0.25) is 0 Å². The van der Waals surface area contributed by atoms with Crippen LogP contribution in [0.25, 0.3) is 0 Å². The van der Waals surface area contributed by atoms with E-state index in [4.69, 9.17) is 14.2 Å². The molecule has 1 heterocycles. The Bertz CT molecular complexity index is 630. The minimum atomic E-state index is -2.78. The lowest BCUT2D eigenvalue weighted by Crippen LogP contribution is -2.18. The summed E-state index contributed by atoms with van der Waals surface area (Å²) in [6, 6.07) is 0. The van der Waals surface area contributed by atoms with E-state index in [1.165, 1.54) is 4.68 Å². The molecule has 0 aliphatic heterocycles. The summed E-state index contributed by atoms with van der Waals surface area (Å²) in [7, 11) is 0. The summed E-state index contributed by atoms with van der Waals surface area (Å²) >= 11 is 0. The van der Waals surface area contributed by atoms with Crippen molar-refractivity contribution in [3.8, 4) is 0 Å². The summed E-state index contributed by atoms with van der Waals surface area (Å²) < 4.78 is 41.8. The van der Waals surface area contributed by atoms with Crippen molar-refractivity contribution in [3.05, 3.63) is 17.0 Å². The van der Waals surface area contributed by atoms with E-state index in [2.05, 4.69) is 5.10 Å². The van der Waals surface area contributed by atoms with Gasteiger partial charge in [-0.3, -0.25) is 4.68 Å². The molecule has 0 radical (unpaired) electrons. The fraction of sp³-hybridized carbons (Fsp3) is 0.667. The number of halogens is 2. The molecular formula is C15H20F2N2O5. The van der Waals surface area contributed by atoms with Crippen LogP contribution in [0.1, 0.15) is 46.8 Å². The van der Waals surface area contributed by atoms with Crippen molar-refractivity contribution in [3.63, 3.8) is 0 Å².